The number of benzene rings is 2. The summed E-state index contributed by atoms with van der Waals surface area (Å²) in [5.41, 5.74) is 4.13. The molecule has 0 spiro atoms. The van der Waals surface area contributed by atoms with E-state index < -0.39 is 5.82 Å². The van der Waals surface area contributed by atoms with Gasteiger partial charge in [0.25, 0.3) is 5.91 Å². The molecule has 7 heteroatoms. The molecule has 1 amide bonds. The van der Waals surface area contributed by atoms with Crippen molar-refractivity contribution in [3.8, 4) is 28.0 Å². The number of carbonyl (C=O) groups excluding carboxylic acids is 1. The Morgan fingerprint density at radius 1 is 1.09 bits per heavy atom. The minimum Gasteiger partial charge on any atom is -0.496 e. The molecule has 0 unspecified atom stereocenters. The lowest BCUT2D eigenvalue weighted by Crippen LogP contribution is -2.30. The second-order valence-electron chi connectivity index (χ2n) is 7.47. The molecular formula is C25H24FN3O3. The third-order valence-electron chi connectivity index (χ3n) is 5.38. The van der Waals surface area contributed by atoms with Gasteiger partial charge in [-0.05, 0) is 35.9 Å². The van der Waals surface area contributed by atoms with Crippen molar-refractivity contribution in [2.75, 3.05) is 34.4 Å². The molecule has 0 bridgehead atoms. The number of carbonyl (C=O) groups is 1. The maximum Gasteiger partial charge on any atom is 0.253 e. The zero-order valence-corrected chi connectivity index (χ0v) is 18.2. The topological polar surface area (TPSA) is 67.5 Å². The Kier molecular flexibility index (Phi) is 6.18. The van der Waals surface area contributed by atoms with E-state index in [-0.39, 0.29) is 11.5 Å². The zero-order chi connectivity index (χ0) is 22.7. The van der Waals surface area contributed by atoms with Gasteiger partial charge in [0.2, 0.25) is 0 Å². The predicted molar refractivity (Wildman–Crippen MR) is 122 cm³/mol. The molecule has 0 aliphatic rings. The van der Waals surface area contributed by atoms with Gasteiger partial charge in [0.1, 0.15) is 17.2 Å². The molecule has 0 fully saturated rings. The van der Waals surface area contributed by atoms with E-state index in [9.17, 15) is 9.18 Å². The third-order valence-corrected chi connectivity index (χ3v) is 5.38. The molecule has 2 heterocycles. The number of hydrogen-bond donors (Lipinski definition) is 1. The third kappa shape index (κ3) is 4.20. The fraction of sp³-hybridized carbons (Fsp3) is 0.200. The predicted octanol–water partition coefficient (Wildman–Crippen LogP) is 4.76. The van der Waals surface area contributed by atoms with Crippen molar-refractivity contribution in [3.63, 3.8) is 0 Å². The number of amides is 1. The number of H-pyrrole nitrogens is 1. The Hall–Kier alpha value is -3.71. The van der Waals surface area contributed by atoms with Crippen LogP contribution >= 0.6 is 0 Å². The van der Waals surface area contributed by atoms with Crippen molar-refractivity contribution < 1.29 is 18.7 Å². The van der Waals surface area contributed by atoms with Gasteiger partial charge in [0, 0.05) is 60.7 Å². The van der Waals surface area contributed by atoms with Crippen LogP contribution in [0.1, 0.15) is 10.4 Å². The number of nitrogens with one attached hydrogen (secondary N) is 1. The van der Waals surface area contributed by atoms with Crippen LogP contribution in [-0.4, -0.2) is 55.2 Å². The number of ether oxygens (including phenoxy) is 2. The van der Waals surface area contributed by atoms with E-state index >= 15 is 0 Å². The lowest BCUT2D eigenvalue weighted by atomic mass is 10.00. The van der Waals surface area contributed by atoms with Crippen LogP contribution in [0.2, 0.25) is 0 Å². The first-order chi connectivity index (χ1) is 15.5. The largest absolute Gasteiger partial charge is 0.496 e. The summed E-state index contributed by atoms with van der Waals surface area (Å²) >= 11 is 0. The van der Waals surface area contributed by atoms with Crippen LogP contribution in [0.25, 0.3) is 33.3 Å². The van der Waals surface area contributed by atoms with E-state index in [1.54, 1.807) is 33.5 Å². The summed E-state index contributed by atoms with van der Waals surface area (Å²) in [5.74, 6) is -0.00478. The maximum absolute atomic E-state index is 14.4. The highest BCUT2D eigenvalue weighted by atomic mass is 19.1. The fourth-order valence-corrected chi connectivity index (χ4v) is 3.68. The minimum absolute atomic E-state index is 0.270. The molecule has 6 nitrogen and oxygen atoms in total. The van der Waals surface area contributed by atoms with Gasteiger partial charge in [0.05, 0.1) is 13.7 Å². The molecule has 32 heavy (non-hydrogen) atoms. The first-order valence-electron chi connectivity index (χ1n) is 10.2. The van der Waals surface area contributed by atoms with Gasteiger partial charge >= 0.3 is 0 Å². The summed E-state index contributed by atoms with van der Waals surface area (Å²) in [6.07, 6.45) is 3.55. The average molecular weight is 433 g/mol. The molecule has 2 aromatic carbocycles. The van der Waals surface area contributed by atoms with Crippen molar-refractivity contribution in [1.82, 2.24) is 14.9 Å². The molecule has 4 rings (SSSR count). The van der Waals surface area contributed by atoms with Crippen LogP contribution in [0.4, 0.5) is 4.39 Å². The molecule has 2 aromatic heterocycles. The Morgan fingerprint density at radius 3 is 2.69 bits per heavy atom. The standard InChI is InChI=1S/C25H24FN3O3/c1-29(8-9-31-2)25(30)17-10-16(11-19(26)12-17)18-13-21-22(15-28-24(21)27-14-18)20-6-4-5-7-23(20)32-3/h4-7,10-15H,8-9H2,1-3H3,(H,27,28). The number of methoxy groups -OCH3 is 2. The zero-order valence-electron chi connectivity index (χ0n) is 18.2. The van der Waals surface area contributed by atoms with E-state index in [1.165, 1.54) is 17.0 Å². The molecule has 0 saturated heterocycles. The van der Waals surface area contributed by atoms with E-state index in [1.807, 2.05) is 36.5 Å². The number of fused-ring (bicyclic) bond motifs is 1. The van der Waals surface area contributed by atoms with Gasteiger partial charge in [-0.3, -0.25) is 4.79 Å². The van der Waals surface area contributed by atoms with Crippen molar-refractivity contribution >= 4 is 16.9 Å². The summed E-state index contributed by atoms with van der Waals surface area (Å²) in [4.78, 5) is 21.9. The van der Waals surface area contributed by atoms with Crippen molar-refractivity contribution in [2.45, 2.75) is 0 Å². The molecule has 164 valence electrons. The molecule has 4 aromatic rings. The van der Waals surface area contributed by atoms with Crippen molar-refractivity contribution in [3.05, 3.63) is 72.3 Å². The van der Waals surface area contributed by atoms with Crippen LogP contribution in [0.15, 0.2) is 60.9 Å². The minimum atomic E-state index is -0.481. The number of likely N-dealkylation sites (N-methyl/N-ethyl adjacent to an activating group) is 1. The quantitative estimate of drug-likeness (QED) is 0.456. The highest BCUT2D eigenvalue weighted by Gasteiger charge is 2.16. The molecule has 0 saturated carbocycles. The van der Waals surface area contributed by atoms with Gasteiger partial charge in [-0.15, -0.1) is 0 Å². The highest BCUT2D eigenvalue weighted by molar-refractivity contribution is 5.98. The fourth-order valence-electron chi connectivity index (χ4n) is 3.68. The summed E-state index contributed by atoms with van der Waals surface area (Å²) in [5, 5.41) is 0.876. The lowest BCUT2D eigenvalue weighted by molar-refractivity contribution is 0.0744. The number of rotatable bonds is 7. The normalized spacial score (nSPS) is 11.0. The smallest absolute Gasteiger partial charge is 0.253 e. The highest BCUT2D eigenvalue weighted by Crippen LogP contribution is 2.36. The average Bonchev–Trinajstić information content (AvgIpc) is 3.24. The monoisotopic (exact) mass is 433 g/mol. The Balaban J connectivity index is 1.76. The molecule has 0 aliphatic heterocycles. The molecule has 0 aliphatic carbocycles. The van der Waals surface area contributed by atoms with Gasteiger partial charge in [-0.2, -0.15) is 0 Å². The van der Waals surface area contributed by atoms with Crippen LogP contribution in [0.3, 0.4) is 0 Å². The van der Waals surface area contributed by atoms with Gasteiger partial charge in [-0.25, -0.2) is 9.37 Å². The van der Waals surface area contributed by atoms with E-state index in [0.717, 1.165) is 22.3 Å². The molecular weight excluding hydrogens is 409 g/mol. The number of halogens is 1. The Labute approximate surface area is 185 Å². The molecule has 1 N–H and O–H groups in total. The summed E-state index contributed by atoms with van der Waals surface area (Å²) in [6.45, 7) is 0.824. The van der Waals surface area contributed by atoms with E-state index in [2.05, 4.69) is 9.97 Å². The maximum atomic E-state index is 14.4. The second kappa shape index (κ2) is 9.20. The summed E-state index contributed by atoms with van der Waals surface area (Å²) in [7, 11) is 4.87. The first kappa shape index (κ1) is 21.5. The SMILES string of the molecule is COCCN(C)C(=O)c1cc(F)cc(-c2cnc3[nH]cc(-c4ccccc4OC)c3c2)c1. The molecule has 0 radical (unpaired) electrons. The van der Waals surface area contributed by atoms with Crippen LogP contribution < -0.4 is 4.74 Å². The lowest BCUT2D eigenvalue weighted by Gasteiger charge is -2.17. The second-order valence-corrected chi connectivity index (χ2v) is 7.47. The van der Waals surface area contributed by atoms with Crippen molar-refractivity contribution in [2.24, 2.45) is 0 Å². The van der Waals surface area contributed by atoms with Crippen LogP contribution in [-0.2, 0) is 4.74 Å². The number of para-hydroxylation sites is 1. The van der Waals surface area contributed by atoms with E-state index in [4.69, 9.17) is 9.47 Å². The number of pyridine rings is 1. The van der Waals surface area contributed by atoms with Gasteiger partial charge in [0.15, 0.2) is 0 Å². The number of aromatic nitrogens is 2. The van der Waals surface area contributed by atoms with Gasteiger partial charge in [-0.1, -0.05) is 18.2 Å². The summed E-state index contributed by atoms with van der Waals surface area (Å²) < 4.78 is 25.0. The summed E-state index contributed by atoms with van der Waals surface area (Å²) in [6, 6.07) is 14.0. The Morgan fingerprint density at radius 2 is 1.91 bits per heavy atom. The number of aromatic amines is 1. The van der Waals surface area contributed by atoms with Gasteiger partial charge < -0.3 is 19.4 Å². The Bertz CT molecular complexity index is 1270. The van der Waals surface area contributed by atoms with E-state index in [0.29, 0.717) is 29.9 Å². The van der Waals surface area contributed by atoms with Crippen LogP contribution in [0, 0.1) is 5.82 Å². The molecule has 0 atom stereocenters. The van der Waals surface area contributed by atoms with Crippen molar-refractivity contribution in [1.29, 1.82) is 0 Å². The first-order valence-corrected chi connectivity index (χ1v) is 10.2. The number of nitrogens with zero attached hydrogens (tertiary/aromatic N) is 2. The number of hydrogen-bond acceptors (Lipinski definition) is 4. The van der Waals surface area contributed by atoms with Crippen LogP contribution in [0.5, 0.6) is 5.75 Å².